The van der Waals surface area contributed by atoms with E-state index in [1.807, 2.05) is 0 Å². The number of nitrogens with two attached hydrogens (primary N) is 1. The van der Waals surface area contributed by atoms with Gasteiger partial charge in [-0.3, -0.25) is 20.3 Å². The van der Waals surface area contributed by atoms with Crippen LogP contribution in [0.15, 0.2) is 40.7 Å². The van der Waals surface area contributed by atoms with E-state index in [4.69, 9.17) is 10.9 Å². The second-order valence-electron chi connectivity index (χ2n) is 3.67. The van der Waals surface area contributed by atoms with E-state index in [1.54, 1.807) is 23.7 Å². The monoisotopic (exact) mass is 274 g/mol. The Morgan fingerprint density at radius 2 is 2.25 bits per heavy atom. The molecule has 0 atom stereocenters. The molecule has 1 heterocycles. The van der Waals surface area contributed by atoms with Crippen LogP contribution in [-0.4, -0.2) is 27.3 Å². The Hall–Kier alpha value is -3.07. The van der Waals surface area contributed by atoms with E-state index in [0.717, 1.165) is 0 Å². The number of aromatic nitrogens is 1. The third kappa shape index (κ3) is 2.67. The summed E-state index contributed by atoms with van der Waals surface area (Å²) < 4.78 is 0. The van der Waals surface area contributed by atoms with Gasteiger partial charge in [-0.05, 0) is 6.07 Å². The molecule has 0 spiro atoms. The standard InChI is InChI=1S/C11H10N6O3/c12-11(16-18)15-14-6-9-7-2-1-3-10(17(19)20)8(7)4-5-13-9/h1-6,18H,(H3,12,15,16)/b14-6+. The van der Waals surface area contributed by atoms with Crippen molar-refractivity contribution >= 4 is 28.6 Å². The highest BCUT2D eigenvalue weighted by Gasteiger charge is 2.12. The molecule has 9 heteroatoms. The summed E-state index contributed by atoms with van der Waals surface area (Å²) in [6, 6.07) is 6.22. The van der Waals surface area contributed by atoms with Crippen molar-refractivity contribution < 1.29 is 10.1 Å². The van der Waals surface area contributed by atoms with E-state index in [2.05, 4.69) is 15.2 Å². The van der Waals surface area contributed by atoms with Crippen LogP contribution in [-0.2, 0) is 0 Å². The maximum absolute atomic E-state index is 10.9. The van der Waals surface area contributed by atoms with Crippen LogP contribution in [0.3, 0.4) is 0 Å². The van der Waals surface area contributed by atoms with Crippen LogP contribution in [0.1, 0.15) is 5.69 Å². The van der Waals surface area contributed by atoms with Crippen molar-refractivity contribution in [1.29, 1.82) is 0 Å². The predicted molar refractivity (Wildman–Crippen MR) is 72.5 cm³/mol. The molecular weight excluding hydrogens is 264 g/mol. The molecule has 2 aromatic rings. The number of hydrogen-bond acceptors (Lipinski definition) is 6. The molecule has 0 aliphatic heterocycles. The topological polar surface area (TPSA) is 139 Å². The fourth-order valence-corrected chi connectivity index (χ4v) is 1.64. The highest BCUT2D eigenvalue weighted by molar-refractivity contribution is 6.01. The molecule has 0 unspecified atom stereocenters. The average Bonchev–Trinajstić information content (AvgIpc) is 2.46. The zero-order valence-corrected chi connectivity index (χ0v) is 10.1. The molecule has 0 saturated carbocycles. The van der Waals surface area contributed by atoms with Gasteiger partial charge in [-0.15, -0.1) is 5.10 Å². The smallest absolute Gasteiger partial charge is 0.277 e. The normalized spacial score (nSPS) is 11.9. The van der Waals surface area contributed by atoms with Gasteiger partial charge in [0, 0.05) is 17.6 Å². The molecule has 0 aliphatic carbocycles. The second-order valence-corrected chi connectivity index (χ2v) is 3.67. The fourth-order valence-electron chi connectivity index (χ4n) is 1.64. The maximum Gasteiger partial charge on any atom is 0.277 e. The molecule has 2 rings (SSSR count). The molecule has 102 valence electrons. The zero-order chi connectivity index (χ0) is 14.5. The lowest BCUT2D eigenvalue weighted by Gasteiger charge is -2.01. The molecule has 20 heavy (non-hydrogen) atoms. The van der Waals surface area contributed by atoms with Gasteiger partial charge in [0.15, 0.2) is 0 Å². The lowest BCUT2D eigenvalue weighted by atomic mass is 10.1. The first-order valence-electron chi connectivity index (χ1n) is 5.42. The number of non-ortho nitro benzene ring substituents is 1. The molecular formula is C11H10N6O3. The number of hydroxylamine groups is 1. The summed E-state index contributed by atoms with van der Waals surface area (Å²) in [5.41, 5.74) is 7.18. The van der Waals surface area contributed by atoms with Crippen molar-refractivity contribution in [3.8, 4) is 0 Å². The number of guanidine groups is 1. The van der Waals surface area contributed by atoms with Crippen LogP contribution in [0.2, 0.25) is 0 Å². The van der Waals surface area contributed by atoms with E-state index in [-0.39, 0.29) is 11.6 Å². The summed E-state index contributed by atoms with van der Waals surface area (Å²) in [6.45, 7) is 0. The van der Waals surface area contributed by atoms with E-state index >= 15 is 0 Å². The summed E-state index contributed by atoms with van der Waals surface area (Å²) in [4.78, 5) is 14.5. The first-order chi connectivity index (χ1) is 9.63. The molecule has 0 radical (unpaired) electrons. The number of nitrogens with zero attached hydrogens (tertiary/aromatic N) is 4. The van der Waals surface area contributed by atoms with Gasteiger partial charge < -0.3 is 5.73 Å². The Kier molecular flexibility index (Phi) is 3.82. The summed E-state index contributed by atoms with van der Waals surface area (Å²) in [6.07, 6.45) is 2.73. The number of rotatable bonds is 3. The van der Waals surface area contributed by atoms with Gasteiger partial charge in [-0.25, -0.2) is 5.48 Å². The largest absolute Gasteiger partial charge is 0.367 e. The molecule has 9 nitrogen and oxygen atoms in total. The number of fused-ring (bicyclic) bond motifs is 1. The van der Waals surface area contributed by atoms with Gasteiger partial charge in [0.05, 0.1) is 22.2 Å². The Bertz CT molecular complexity index is 712. The molecule has 0 bridgehead atoms. The summed E-state index contributed by atoms with van der Waals surface area (Å²) in [5.74, 6) is -0.285. The van der Waals surface area contributed by atoms with E-state index < -0.39 is 4.92 Å². The number of nitro groups is 1. The minimum Gasteiger partial charge on any atom is -0.367 e. The minimum absolute atomic E-state index is 0.0143. The highest BCUT2D eigenvalue weighted by Crippen LogP contribution is 2.25. The van der Waals surface area contributed by atoms with Crippen molar-refractivity contribution in [3.63, 3.8) is 0 Å². The molecule has 0 fully saturated rings. The van der Waals surface area contributed by atoms with Crippen molar-refractivity contribution in [2.24, 2.45) is 15.9 Å². The van der Waals surface area contributed by atoms with Gasteiger partial charge in [0.1, 0.15) is 0 Å². The van der Waals surface area contributed by atoms with Crippen molar-refractivity contribution in [2.75, 3.05) is 0 Å². The first-order valence-corrected chi connectivity index (χ1v) is 5.42. The van der Waals surface area contributed by atoms with Gasteiger partial charge >= 0.3 is 0 Å². The van der Waals surface area contributed by atoms with E-state index in [0.29, 0.717) is 16.5 Å². The third-order valence-electron chi connectivity index (χ3n) is 2.47. The van der Waals surface area contributed by atoms with Crippen LogP contribution in [0.5, 0.6) is 0 Å². The number of nitro benzene ring substituents is 1. The van der Waals surface area contributed by atoms with Gasteiger partial charge in [-0.1, -0.05) is 12.1 Å². The van der Waals surface area contributed by atoms with Crippen LogP contribution in [0, 0.1) is 10.1 Å². The number of nitrogens with one attached hydrogen (secondary N) is 1. The van der Waals surface area contributed by atoms with Crippen molar-refractivity contribution in [2.45, 2.75) is 0 Å². The van der Waals surface area contributed by atoms with Crippen LogP contribution >= 0.6 is 0 Å². The Labute approximate surface area is 112 Å². The van der Waals surface area contributed by atoms with Crippen LogP contribution in [0.25, 0.3) is 10.8 Å². The third-order valence-corrected chi connectivity index (χ3v) is 2.47. The van der Waals surface area contributed by atoms with Gasteiger partial charge in [-0.2, -0.15) is 5.10 Å². The Morgan fingerprint density at radius 3 is 2.95 bits per heavy atom. The second kappa shape index (κ2) is 5.71. The summed E-state index contributed by atoms with van der Waals surface area (Å²) >= 11 is 0. The minimum atomic E-state index is -0.463. The lowest BCUT2D eigenvalue weighted by Crippen LogP contribution is -2.27. The van der Waals surface area contributed by atoms with Crippen molar-refractivity contribution in [3.05, 3.63) is 46.3 Å². The van der Waals surface area contributed by atoms with Gasteiger partial charge in [0.25, 0.3) is 5.69 Å². The first kappa shape index (κ1) is 13.4. The average molecular weight is 274 g/mol. The predicted octanol–water partition coefficient (Wildman–Crippen LogP) is 0.770. The molecule has 4 N–H and O–H groups in total. The Morgan fingerprint density at radius 1 is 1.45 bits per heavy atom. The molecule has 0 amide bonds. The number of pyridine rings is 1. The van der Waals surface area contributed by atoms with Gasteiger partial charge in [0.2, 0.25) is 5.96 Å². The summed E-state index contributed by atoms with van der Waals surface area (Å²) in [7, 11) is 0. The molecule has 0 aliphatic rings. The maximum atomic E-state index is 10.9. The fraction of sp³-hybridized carbons (Fsp3) is 0. The molecule has 1 aromatic heterocycles. The quantitative estimate of drug-likeness (QED) is 0.327. The SMILES string of the molecule is N/C(=N/N=C/c1nccc2c([N+](=O)[O-])cccc12)NO. The van der Waals surface area contributed by atoms with Crippen LogP contribution < -0.4 is 11.2 Å². The highest BCUT2D eigenvalue weighted by atomic mass is 16.6. The van der Waals surface area contributed by atoms with Crippen molar-refractivity contribution in [1.82, 2.24) is 10.5 Å². The Balaban J connectivity index is 2.51. The lowest BCUT2D eigenvalue weighted by molar-refractivity contribution is -0.383. The zero-order valence-electron chi connectivity index (χ0n) is 10.1. The number of benzene rings is 1. The number of hydrogen-bond donors (Lipinski definition) is 3. The van der Waals surface area contributed by atoms with E-state index in [1.165, 1.54) is 18.5 Å². The summed E-state index contributed by atoms with van der Waals surface area (Å²) in [5, 5.41) is 27.4. The molecule has 1 aromatic carbocycles. The molecule has 0 saturated heterocycles. The van der Waals surface area contributed by atoms with Crippen LogP contribution in [0.4, 0.5) is 5.69 Å². The van der Waals surface area contributed by atoms with E-state index in [9.17, 15) is 10.1 Å².